The molecule has 1 aromatic heterocycles. The lowest BCUT2D eigenvalue weighted by Gasteiger charge is -2.13. The molecule has 0 radical (unpaired) electrons. The van der Waals surface area contributed by atoms with Gasteiger partial charge in [0.2, 0.25) is 0 Å². The van der Waals surface area contributed by atoms with Crippen LogP contribution in [0.25, 0.3) is 11.1 Å². The van der Waals surface area contributed by atoms with Gasteiger partial charge in [-0.2, -0.15) is 0 Å². The second-order valence-electron chi connectivity index (χ2n) is 6.60. The number of hydrogen-bond donors (Lipinski definition) is 2. The third kappa shape index (κ3) is 5.02. The number of aliphatic hydroxyl groups is 1. The highest BCUT2D eigenvalue weighted by atomic mass is 32.2. The van der Waals surface area contributed by atoms with Crippen molar-refractivity contribution in [1.29, 1.82) is 0 Å². The molecule has 0 aliphatic heterocycles. The SMILES string of the molecule is CCSc1ccc(-c2cnccc2CO)cc1C(=O)NCc1ccc(C)c(F)c1. The lowest BCUT2D eigenvalue weighted by Crippen LogP contribution is -2.23. The zero-order chi connectivity index (χ0) is 20.8. The molecule has 0 saturated carbocycles. The molecule has 3 aromatic rings. The highest BCUT2D eigenvalue weighted by Gasteiger charge is 2.15. The van der Waals surface area contributed by atoms with Crippen molar-refractivity contribution in [3.05, 3.63) is 82.9 Å². The van der Waals surface area contributed by atoms with E-state index in [1.54, 1.807) is 49.3 Å². The molecule has 2 N–H and O–H groups in total. The molecular weight excluding hydrogens is 387 g/mol. The van der Waals surface area contributed by atoms with Gasteiger partial charge < -0.3 is 10.4 Å². The van der Waals surface area contributed by atoms with Crippen molar-refractivity contribution in [3.63, 3.8) is 0 Å². The number of hydrogen-bond acceptors (Lipinski definition) is 4. The third-order valence-corrected chi connectivity index (χ3v) is 5.56. The maximum absolute atomic E-state index is 13.8. The lowest BCUT2D eigenvalue weighted by atomic mass is 10.00. The summed E-state index contributed by atoms with van der Waals surface area (Å²) >= 11 is 1.58. The first kappa shape index (κ1) is 21.0. The summed E-state index contributed by atoms with van der Waals surface area (Å²) in [5.74, 6) is 0.324. The molecule has 0 bridgehead atoms. The van der Waals surface area contributed by atoms with Crippen LogP contribution in [-0.2, 0) is 13.2 Å². The summed E-state index contributed by atoms with van der Waals surface area (Å²) in [7, 11) is 0. The average Bonchev–Trinajstić information content (AvgIpc) is 2.74. The Bertz CT molecular complexity index is 1020. The highest BCUT2D eigenvalue weighted by molar-refractivity contribution is 7.99. The van der Waals surface area contributed by atoms with Crippen molar-refractivity contribution in [2.45, 2.75) is 31.9 Å². The number of carbonyl (C=O) groups is 1. The Hall–Kier alpha value is -2.70. The third-order valence-electron chi connectivity index (χ3n) is 4.61. The molecule has 0 fully saturated rings. The van der Waals surface area contributed by atoms with Gasteiger partial charge in [-0.05, 0) is 59.2 Å². The number of nitrogens with one attached hydrogen (secondary N) is 1. The van der Waals surface area contributed by atoms with Gasteiger partial charge in [-0.25, -0.2) is 4.39 Å². The summed E-state index contributed by atoms with van der Waals surface area (Å²) in [6.07, 6.45) is 3.31. The smallest absolute Gasteiger partial charge is 0.252 e. The van der Waals surface area contributed by atoms with Crippen molar-refractivity contribution in [2.75, 3.05) is 5.75 Å². The molecule has 2 aromatic carbocycles. The number of pyridine rings is 1. The normalized spacial score (nSPS) is 10.8. The number of carbonyl (C=O) groups excluding carboxylic acids is 1. The maximum Gasteiger partial charge on any atom is 0.252 e. The Labute approximate surface area is 174 Å². The minimum Gasteiger partial charge on any atom is -0.392 e. The van der Waals surface area contributed by atoms with Gasteiger partial charge in [-0.15, -0.1) is 11.8 Å². The quantitative estimate of drug-likeness (QED) is 0.553. The van der Waals surface area contributed by atoms with Gasteiger partial charge in [0.25, 0.3) is 5.91 Å². The molecule has 150 valence electrons. The zero-order valence-corrected chi connectivity index (χ0v) is 17.2. The molecule has 6 heteroatoms. The number of aromatic nitrogens is 1. The fourth-order valence-corrected chi connectivity index (χ4v) is 3.78. The number of nitrogens with zero attached hydrogens (tertiary/aromatic N) is 1. The van der Waals surface area contributed by atoms with Gasteiger partial charge in [0.1, 0.15) is 5.82 Å². The van der Waals surface area contributed by atoms with E-state index in [0.717, 1.165) is 27.3 Å². The molecule has 0 spiro atoms. The van der Waals surface area contributed by atoms with Crippen LogP contribution in [0.2, 0.25) is 0 Å². The van der Waals surface area contributed by atoms with Crippen molar-refractivity contribution in [3.8, 4) is 11.1 Å². The topological polar surface area (TPSA) is 62.2 Å². The van der Waals surface area contributed by atoms with Gasteiger partial charge in [0, 0.05) is 29.4 Å². The van der Waals surface area contributed by atoms with Crippen LogP contribution in [0.5, 0.6) is 0 Å². The first-order valence-corrected chi connectivity index (χ1v) is 10.4. The summed E-state index contributed by atoms with van der Waals surface area (Å²) in [5.41, 5.74) is 4.18. The van der Waals surface area contributed by atoms with Gasteiger partial charge >= 0.3 is 0 Å². The molecule has 0 saturated heterocycles. The Morgan fingerprint density at radius 3 is 2.76 bits per heavy atom. The number of aryl methyl sites for hydroxylation is 1. The number of thioether (sulfide) groups is 1. The number of benzene rings is 2. The van der Waals surface area contributed by atoms with Crippen LogP contribution in [0.3, 0.4) is 0 Å². The van der Waals surface area contributed by atoms with E-state index < -0.39 is 0 Å². The summed E-state index contributed by atoms with van der Waals surface area (Å²) in [5, 5.41) is 12.5. The van der Waals surface area contributed by atoms with E-state index >= 15 is 0 Å². The summed E-state index contributed by atoms with van der Waals surface area (Å²) in [4.78, 5) is 17.9. The number of rotatable bonds is 7. The van der Waals surface area contributed by atoms with Crippen molar-refractivity contribution >= 4 is 17.7 Å². The molecular formula is C23H23FN2O2S. The monoisotopic (exact) mass is 410 g/mol. The Kier molecular flexibility index (Phi) is 7.01. The van der Waals surface area contributed by atoms with Crippen molar-refractivity contribution in [1.82, 2.24) is 10.3 Å². The van der Waals surface area contributed by atoms with Crippen LogP contribution in [0.15, 0.2) is 59.8 Å². The molecule has 4 nitrogen and oxygen atoms in total. The fourth-order valence-electron chi connectivity index (χ4n) is 3.00. The summed E-state index contributed by atoms with van der Waals surface area (Å²) in [6.45, 7) is 3.87. The van der Waals surface area contributed by atoms with E-state index in [0.29, 0.717) is 16.7 Å². The summed E-state index contributed by atoms with van der Waals surface area (Å²) in [6, 6.07) is 12.4. The van der Waals surface area contributed by atoms with E-state index in [1.807, 2.05) is 25.1 Å². The van der Waals surface area contributed by atoms with E-state index in [-0.39, 0.29) is 24.9 Å². The zero-order valence-electron chi connectivity index (χ0n) is 16.4. The van der Waals surface area contributed by atoms with Crippen molar-refractivity contribution < 1.29 is 14.3 Å². The molecule has 0 unspecified atom stereocenters. The molecule has 1 amide bonds. The molecule has 29 heavy (non-hydrogen) atoms. The molecule has 0 aliphatic rings. The Morgan fingerprint density at radius 2 is 2.03 bits per heavy atom. The van der Waals surface area contributed by atoms with Crippen LogP contribution in [0.4, 0.5) is 4.39 Å². The standard InChI is InChI=1S/C23H23FN2O2S/c1-3-29-22-7-6-17(20-13-25-9-8-18(20)14-27)11-19(22)23(28)26-12-16-5-4-15(2)21(24)10-16/h4-11,13,27H,3,12,14H2,1-2H3,(H,26,28). The average molecular weight is 411 g/mol. The molecule has 0 aliphatic carbocycles. The van der Waals surface area contributed by atoms with Crippen molar-refractivity contribution in [2.24, 2.45) is 0 Å². The second-order valence-corrected chi connectivity index (χ2v) is 7.91. The summed E-state index contributed by atoms with van der Waals surface area (Å²) < 4.78 is 13.8. The first-order chi connectivity index (χ1) is 14.0. The van der Waals surface area contributed by atoms with Crippen LogP contribution >= 0.6 is 11.8 Å². The minimum atomic E-state index is -0.283. The highest BCUT2D eigenvalue weighted by Crippen LogP contribution is 2.30. The lowest BCUT2D eigenvalue weighted by molar-refractivity contribution is 0.0948. The van der Waals surface area contributed by atoms with Crippen LogP contribution in [-0.4, -0.2) is 21.8 Å². The minimum absolute atomic E-state index is 0.107. The second kappa shape index (κ2) is 9.67. The Balaban J connectivity index is 1.89. The van der Waals surface area contributed by atoms with E-state index in [4.69, 9.17) is 0 Å². The van der Waals surface area contributed by atoms with E-state index in [2.05, 4.69) is 10.3 Å². The molecule has 3 rings (SSSR count). The van der Waals surface area contributed by atoms with Gasteiger partial charge in [0.15, 0.2) is 0 Å². The molecule has 1 heterocycles. The number of aliphatic hydroxyl groups excluding tert-OH is 1. The number of amides is 1. The van der Waals surface area contributed by atoms with Crippen LogP contribution < -0.4 is 5.32 Å². The van der Waals surface area contributed by atoms with Crippen LogP contribution in [0.1, 0.15) is 34.0 Å². The van der Waals surface area contributed by atoms with Crippen LogP contribution in [0, 0.1) is 12.7 Å². The Morgan fingerprint density at radius 1 is 1.21 bits per heavy atom. The van der Waals surface area contributed by atoms with E-state index in [1.165, 1.54) is 6.07 Å². The van der Waals surface area contributed by atoms with E-state index in [9.17, 15) is 14.3 Å². The first-order valence-electron chi connectivity index (χ1n) is 9.37. The largest absolute Gasteiger partial charge is 0.392 e. The predicted molar refractivity (Wildman–Crippen MR) is 114 cm³/mol. The van der Waals surface area contributed by atoms with Gasteiger partial charge in [-0.3, -0.25) is 9.78 Å². The van der Waals surface area contributed by atoms with Gasteiger partial charge in [-0.1, -0.05) is 25.1 Å². The van der Waals surface area contributed by atoms with Gasteiger partial charge in [0.05, 0.1) is 12.2 Å². The molecule has 0 atom stereocenters. The predicted octanol–water partition coefficient (Wildman–Crippen LogP) is 4.73. The fraction of sp³-hybridized carbons (Fsp3) is 0.217. The number of halogens is 1. The maximum atomic E-state index is 13.8.